The van der Waals surface area contributed by atoms with Gasteiger partial charge in [0.1, 0.15) is 11.8 Å². The molecular weight excluding hydrogens is 456 g/mol. The predicted octanol–water partition coefficient (Wildman–Crippen LogP) is 3.43. The number of urea groups is 1. The molecule has 0 bridgehead atoms. The molecule has 35 heavy (non-hydrogen) atoms. The molecule has 1 atom stereocenters. The van der Waals surface area contributed by atoms with Gasteiger partial charge in [-0.25, -0.2) is 4.79 Å². The Bertz CT molecular complexity index is 1180. The van der Waals surface area contributed by atoms with Crippen LogP contribution in [0.3, 0.4) is 0 Å². The molecule has 11 heteroatoms. The van der Waals surface area contributed by atoms with Crippen LogP contribution in [-0.4, -0.2) is 51.6 Å². The van der Waals surface area contributed by atoms with Gasteiger partial charge in [-0.05, 0) is 36.2 Å². The summed E-state index contributed by atoms with van der Waals surface area (Å²) in [5.74, 6) is 1.82. The van der Waals surface area contributed by atoms with E-state index in [1.54, 1.807) is 37.4 Å². The lowest BCUT2D eigenvalue weighted by Crippen LogP contribution is -2.45. The van der Waals surface area contributed by atoms with Crippen LogP contribution in [0, 0.1) is 0 Å². The van der Waals surface area contributed by atoms with Crippen molar-refractivity contribution in [3.05, 3.63) is 36.5 Å². The quantitative estimate of drug-likeness (QED) is 0.397. The molecule has 0 aliphatic rings. The summed E-state index contributed by atoms with van der Waals surface area (Å²) < 4.78 is 27.3. The second-order valence-electron chi connectivity index (χ2n) is 7.36. The van der Waals surface area contributed by atoms with Crippen LogP contribution in [0.4, 0.5) is 10.5 Å². The van der Waals surface area contributed by atoms with Crippen molar-refractivity contribution in [3.8, 4) is 45.4 Å². The van der Waals surface area contributed by atoms with Gasteiger partial charge in [0.15, 0.2) is 17.3 Å². The summed E-state index contributed by atoms with van der Waals surface area (Å²) in [4.78, 5) is 24.0. The highest BCUT2D eigenvalue weighted by Crippen LogP contribution is 2.44. The van der Waals surface area contributed by atoms with E-state index in [1.807, 2.05) is 6.07 Å². The summed E-state index contributed by atoms with van der Waals surface area (Å²) in [6, 6.07) is 7.15. The summed E-state index contributed by atoms with van der Waals surface area (Å²) >= 11 is 0. The third-order valence-electron chi connectivity index (χ3n) is 5.31. The number of benzene rings is 2. The number of nitrogens with one attached hydrogen (secondary N) is 2. The fourth-order valence-electron chi connectivity index (χ4n) is 3.58. The Morgan fingerprint density at radius 1 is 0.971 bits per heavy atom. The Hall–Kier alpha value is -4.41. The van der Waals surface area contributed by atoms with E-state index in [4.69, 9.17) is 29.2 Å². The molecule has 0 spiro atoms. The van der Waals surface area contributed by atoms with Crippen molar-refractivity contribution in [3.63, 3.8) is 0 Å². The van der Waals surface area contributed by atoms with Crippen molar-refractivity contribution >= 4 is 17.6 Å². The monoisotopic (exact) mass is 484 g/mol. The molecule has 0 radical (unpaired) electrons. The molecule has 3 aromatic rings. The van der Waals surface area contributed by atoms with Crippen LogP contribution >= 0.6 is 0 Å². The Morgan fingerprint density at radius 2 is 1.63 bits per heavy atom. The van der Waals surface area contributed by atoms with Gasteiger partial charge < -0.3 is 39.8 Å². The molecular formula is C24H28N4O7. The molecule has 0 saturated heterocycles. The number of hydrogen-bond donors (Lipinski definition) is 3. The van der Waals surface area contributed by atoms with Crippen LogP contribution in [0.15, 0.2) is 41.1 Å². The highest BCUT2D eigenvalue weighted by molar-refractivity contribution is 5.98. The zero-order valence-electron chi connectivity index (χ0n) is 20.1. The minimum absolute atomic E-state index is 0.355. The van der Waals surface area contributed by atoms with Crippen molar-refractivity contribution in [2.75, 3.05) is 33.8 Å². The van der Waals surface area contributed by atoms with Crippen LogP contribution in [0.25, 0.3) is 22.5 Å². The maximum absolute atomic E-state index is 12.7. The van der Waals surface area contributed by atoms with Crippen molar-refractivity contribution in [2.24, 2.45) is 5.73 Å². The number of carbonyl (C=O) groups excluding carboxylic acids is 2. The lowest BCUT2D eigenvalue weighted by Gasteiger charge is -2.17. The topological polar surface area (TPSA) is 147 Å². The molecule has 0 fully saturated rings. The molecule has 186 valence electrons. The zero-order valence-corrected chi connectivity index (χ0v) is 20.1. The number of primary amides is 1. The van der Waals surface area contributed by atoms with E-state index in [9.17, 15) is 9.59 Å². The average molecular weight is 485 g/mol. The highest BCUT2D eigenvalue weighted by atomic mass is 16.5. The smallest absolute Gasteiger partial charge is 0.312 e. The molecule has 0 aliphatic carbocycles. The summed E-state index contributed by atoms with van der Waals surface area (Å²) in [7, 11) is 6.06. The van der Waals surface area contributed by atoms with Gasteiger partial charge in [0.05, 0.1) is 40.3 Å². The van der Waals surface area contributed by atoms with Crippen LogP contribution in [0.1, 0.15) is 13.3 Å². The number of amides is 3. The Balaban J connectivity index is 2.03. The predicted molar refractivity (Wildman–Crippen MR) is 129 cm³/mol. The number of methoxy groups -OCH3 is 4. The average Bonchev–Trinajstić information content (AvgIpc) is 3.36. The van der Waals surface area contributed by atoms with Crippen LogP contribution in [0.2, 0.25) is 0 Å². The summed E-state index contributed by atoms with van der Waals surface area (Å²) in [6.07, 6.45) is 1.92. The lowest BCUT2D eigenvalue weighted by atomic mass is 10.0. The number of nitrogens with zero attached hydrogens (tertiary/aromatic N) is 1. The number of hydrogen-bond acceptors (Lipinski definition) is 8. The summed E-state index contributed by atoms with van der Waals surface area (Å²) in [5, 5.41) is 9.17. The second-order valence-corrected chi connectivity index (χ2v) is 7.36. The van der Waals surface area contributed by atoms with E-state index >= 15 is 0 Å². The number of aromatic nitrogens is 1. The lowest BCUT2D eigenvalue weighted by molar-refractivity contribution is -0.118. The van der Waals surface area contributed by atoms with Crippen LogP contribution < -0.4 is 35.3 Å². The molecule has 4 N–H and O–H groups in total. The maximum Gasteiger partial charge on any atom is 0.312 e. The van der Waals surface area contributed by atoms with E-state index in [-0.39, 0.29) is 0 Å². The first-order chi connectivity index (χ1) is 16.9. The third kappa shape index (κ3) is 5.40. The van der Waals surface area contributed by atoms with Crippen LogP contribution in [0.5, 0.6) is 23.0 Å². The molecule has 0 saturated carbocycles. The third-order valence-corrected chi connectivity index (χ3v) is 5.31. The van der Waals surface area contributed by atoms with E-state index in [1.165, 1.54) is 28.4 Å². The van der Waals surface area contributed by atoms with Crippen molar-refractivity contribution < 1.29 is 33.1 Å². The fourth-order valence-corrected chi connectivity index (χ4v) is 3.58. The molecule has 2 aromatic carbocycles. The van der Waals surface area contributed by atoms with Crippen molar-refractivity contribution in [1.82, 2.24) is 10.5 Å². The van der Waals surface area contributed by atoms with Gasteiger partial charge in [0.2, 0.25) is 11.7 Å². The standard InChI is InChI=1S/C24H28N4O7/c1-6-16(28-24(25)30)23(29)27-17-9-13(7-8-18(17)31-2)15-12-26-35-21(15)14-10-19(32-3)22(34-5)20(11-14)33-4/h7-12,16H,6H2,1-5H3,(H,27,29)(H3,25,28,30). The number of ether oxygens (including phenoxy) is 4. The van der Waals surface area contributed by atoms with Gasteiger partial charge in [0.25, 0.3) is 0 Å². The van der Waals surface area contributed by atoms with E-state index < -0.39 is 18.0 Å². The van der Waals surface area contributed by atoms with Crippen molar-refractivity contribution in [1.29, 1.82) is 0 Å². The van der Waals surface area contributed by atoms with Gasteiger partial charge in [-0.2, -0.15) is 0 Å². The molecule has 1 heterocycles. The number of anilines is 1. The van der Waals surface area contributed by atoms with Crippen LogP contribution in [-0.2, 0) is 4.79 Å². The number of carbonyl (C=O) groups is 2. The van der Waals surface area contributed by atoms with Gasteiger partial charge in [-0.1, -0.05) is 18.1 Å². The van der Waals surface area contributed by atoms with E-state index in [2.05, 4.69) is 15.8 Å². The summed E-state index contributed by atoms with van der Waals surface area (Å²) in [5.41, 5.74) is 7.57. The second kappa shape index (κ2) is 11.1. The SMILES string of the molecule is CCC(NC(N)=O)C(=O)Nc1cc(-c2cnoc2-c2cc(OC)c(OC)c(OC)c2)ccc1OC. The number of nitrogens with two attached hydrogens (primary N) is 1. The Morgan fingerprint density at radius 3 is 2.17 bits per heavy atom. The molecule has 1 aromatic heterocycles. The Kier molecular flexibility index (Phi) is 8.03. The normalized spacial score (nSPS) is 11.3. The molecule has 0 aliphatic heterocycles. The first-order valence-electron chi connectivity index (χ1n) is 10.7. The maximum atomic E-state index is 12.7. The molecule has 11 nitrogen and oxygen atoms in total. The van der Waals surface area contributed by atoms with E-state index in [0.717, 1.165) is 0 Å². The summed E-state index contributed by atoms with van der Waals surface area (Å²) in [6.45, 7) is 1.76. The zero-order chi connectivity index (χ0) is 25.5. The van der Waals surface area contributed by atoms with Gasteiger partial charge in [-0.15, -0.1) is 0 Å². The Labute approximate surface area is 202 Å². The first kappa shape index (κ1) is 25.2. The molecule has 1 unspecified atom stereocenters. The molecule has 3 amide bonds. The molecule has 3 rings (SSSR count). The van der Waals surface area contributed by atoms with Gasteiger partial charge >= 0.3 is 6.03 Å². The van der Waals surface area contributed by atoms with E-state index in [0.29, 0.717) is 57.6 Å². The largest absolute Gasteiger partial charge is 0.495 e. The van der Waals surface area contributed by atoms with Gasteiger partial charge in [-0.3, -0.25) is 4.79 Å². The first-order valence-corrected chi connectivity index (χ1v) is 10.7. The van der Waals surface area contributed by atoms with Gasteiger partial charge in [0, 0.05) is 11.1 Å². The number of rotatable bonds is 10. The highest BCUT2D eigenvalue weighted by Gasteiger charge is 2.22. The van der Waals surface area contributed by atoms with Crippen molar-refractivity contribution in [2.45, 2.75) is 19.4 Å². The fraction of sp³-hybridized carbons (Fsp3) is 0.292. The minimum Gasteiger partial charge on any atom is -0.495 e. The minimum atomic E-state index is -0.800.